The lowest BCUT2D eigenvalue weighted by atomic mass is 10.0. The number of rotatable bonds is 7. The summed E-state index contributed by atoms with van der Waals surface area (Å²) < 4.78 is 4.66. The van der Waals surface area contributed by atoms with Gasteiger partial charge in [-0.25, -0.2) is 0 Å². The fourth-order valence-electron chi connectivity index (χ4n) is 1.69. The smallest absolute Gasteiger partial charge is 0.307 e. The van der Waals surface area contributed by atoms with Crippen molar-refractivity contribution in [2.45, 2.75) is 18.9 Å². The third kappa shape index (κ3) is 5.52. The number of esters is 1. The molecule has 1 aromatic rings. The number of benzene rings is 1. The lowest BCUT2D eigenvalue weighted by Gasteiger charge is -2.18. The summed E-state index contributed by atoms with van der Waals surface area (Å²) in [5.41, 5.74) is 0.894. The molecule has 1 rings (SSSR count). The number of hydrogen-bond acceptors (Lipinski definition) is 4. The number of methoxy groups -OCH3 is 1. The molecule has 0 aliphatic heterocycles. The third-order valence-electron chi connectivity index (χ3n) is 2.74. The van der Waals surface area contributed by atoms with Crippen LogP contribution in [0.25, 0.3) is 0 Å². The Morgan fingerprint density at radius 1 is 1.26 bits per heavy atom. The fourth-order valence-corrected chi connectivity index (χ4v) is 1.69. The maximum absolute atomic E-state index is 11.8. The summed E-state index contributed by atoms with van der Waals surface area (Å²) in [5, 5.41) is 5.76. The molecule has 0 aromatic heterocycles. The van der Waals surface area contributed by atoms with Gasteiger partial charge in [-0.15, -0.1) is 0 Å². The molecule has 2 N–H and O–H groups in total. The lowest BCUT2D eigenvalue weighted by Crippen LogP contribution is -2.32. The van der Waals surface area contributed by atoms with Crippen molar-refractivity contribution in [1.82, 2.24) is 10.6 Å². The Morgan fingerprint density at radius 2 is 1.95 bits per heavy atom. The molecule has 0 saturated heterocycles. The molecule has 0 spiro atoms. The van der Waals surface area contributed by atoms with Crippen LogP contribution in [-0.2, 0) is 14.3 Å². The van der Waals surface area contributed by atoms with E-state index in [-0.39, 0.29) is 24.3 Å². The molecule has 0 aliphatic rings. The molecule has 1 amide bonds. The molecule has 1 atom stereocenters. The Bertz CT molecular complexity index is 406. The topological polar surface area (TPSA) is 67.4 Å². The van der Waals surface area contributed by atoms with Gasteiger partial charge in [0.25, 0.3) is 0 Å². The zero-order chi connectivity index (χ0) is 14.1. The van der Waals surface area contributed by atoms with Crippen LogP contribution >= 0.6 is 0 Å². The zero-order valence-corrected chi connectivity index (χ0v) is 11.3. The molecular weight excluding hydrogens is 244 g/mol. The van der Waals surface area contributed by atoms with Crippen LogP contribution in [0.5, 0.6) is 0 Å². The second-order valence-electron chi connectivity index (χ2n) is 4.16. The van der Waals surface area contributed by atoms with E-state index in [1.54, 1.807) is 7.05 Å². The average Bonchev–Trinajstić information content (AvgIpc) is 2.45. The van der Waals surface area contributed by atoms with E-state index in [0.29, 0.717) is 13.0 Å². The summed E-state index contributed by atoms with van der Waals surface area (Å²) in [7, 11) is 3.13. The van der Waals surface area contributed by atoms with Gasteiger partial charge in [0.15, 0.2) is 0 Å². The standard InChI is InChI=1S/C14H20N2O3/c1-15-9-8-13(17)16-12(10-14(18)19-2)11-6-4-3-5-7-11/h3-7,12,15H,8-10H2,1-2H3,(H,16,17). The van der Waals surface area contributed by atoms with Crippen molar-refractivity contribution >= 4 is 11.9 Å². The molecular formula is C14H20N2O3. The monoisotopic (exact) mass is 264 g/mol. The van der Waals surface area contributed by atoms with Crippen LogP contribution in [0.4, 0.5) is 0 Å². The van der Waals surface area contributed by atoms with Crippen LogP contribution in [0, 0.1) is 0 Å². The Balaban J connectivity index is 2.70. The Labute approximate surface area is 113 Å². The second kappa shape index (κ2) is 8.26. The van der Waals surface area contributed by atoms with Crippen LogP contribution in [0.1, 0.15) is 24.4 Å². The van der Waals surface area contributed by atoms with Crippen LogP contribution in [-0.4, -0.2) is 32.6 Å². The highest BCUT2D eigenvalue weighted by atomic mass is 16.5. The molecule has 1 aromatic carbocycles. The van der Waals surface area contributed by atoms with Crippen LogP contribution in [0.2, 0.25) is 0 Å². The number of hydrogen-bond donors (Lipinski definition) is 2. The summed E-state index contributed by atoms with van der Waals surface area (Å²) in [6, 6.07) is 9.05. The molecule has 0 radical (unpaired) electrons. The summed E-state index contributed by atoms with van der Waals surface area (Å²) in [5.74, 6) is -0.435. The normalized spacial score (nSPS) is 11.7. The van der Waals surface area contributed by atoms with E-state index in [0.717, 1.165) is 5.56 Å². The van der Waals surface area contributed by atoms with E-state index in [9.17, 15) is 9.59 Å². The highest BCUT2D eigenvalue weighted by Gasteiger charge is 2.18. The van der Waals surface area contributed by atoms with Gasteiger partial charge in [0.2, 0.25) is 5.91 Å². The van der Waals surface area contributed by atoms with E-state index in [2.05, 4.69) is 15.4 Å². The first kappa shape index (κ1) is 15.2. The van der Waals surface area contributed by atoms with E-state index < -0.39 is 0 Å². The predicted molar refractivity (Wildman–Crippen MR) is 72.5 cm³/mol. The first-order chi connectivity index (χ1) is 9.17. The minimum atomic E-state index is -0.349. The summed E-state index contributed by atoms with van der Waals surface area (Å²) in [4.78, 5) is 23.2. The highest BCUT2D eigenvalue weighted by Crippen LogP contribution is 2.17. The Kier molecular flexibility index (Phi) is 6.60. The molecule has 0 heterocycles. The molecule has 5 nitrogen and oxygen atoms in total. The van der Waals surface area contributed by atoms with Crippen molar-refractivity contribution in [3.05, 3.63) is 35.9 Å². The average molecular weight is 264 g/mol. The number of carbonyl (C=O) groups excluding carboxylic acids is 2. The molecule has 0 bridgehead atoms. The second-order valence-corrected chi connectivity index (χ2v) is 4.16. The van der Waals surface area contributed by atoms with Crippen molar-refractivity contribution in [3.8, 4) is 0 Å². The van der Waals surface area contributed by atoms with Crippen molar-refractivity contribution in [2.24, 2.45) is 0 Å². The van der Waals surface area contributed by atoms with Crippen molar-refractivity contribution < 1.29 is 14.3 Å². The van der Waals surface area contributed by atoms with Crippen molar-refractivity contribution in [3.63, 3.8) is 0 Å². The Morgan fingerprint density at radius 3 is 2.53 bits per heavy atom. The van der Waals surface area contributed by atoms with E-state index in [4.69, 9.17) is 0 Å². The maximum Gasteiger partial charge on any atom is 0.307 e. The summed E-state index contributed by atoms with van der Waals surface area (Å²) in [6.07, 6.45) is 0.507. The van der Waals surface area contributed by atoms with Gasteiger partial charge in [-0.1, -0.05) is 30.3 Å². The minimum Gasteiger partial charge on any atom is -0.469 e. The molecule has 0 aliphatic carbocycles. The predicted octanol–water partition coefficient (Wildman–Crippen LogP) is 1.02. The number of ether oxygens (including phenoxy) is 1. The molecule has 19 heavy (non-hydrogen) atoms. The lowest BCUT2D eigenvalue weighted by molar-refractivity contribution is -0.141. The number of carbonyl (C=O) groups is 2. The fraction of sp³-hybridized carbons (Fsp3) is 0.429. The SMILES string of the molecule is CNCCC(=O)NC(CC(=O)OC)c1ccccc1. The molecule has 0 saturated carbocycles. The molecule has 5 heteroatoms. The number of amides is 1. The number of nitrogens with one attached hydrogen (secondary N) is 2. The van der Waals surface area contributed by atoms with Gasteiger partial charge in [0, 0.05) is 13.0 Å². The van der Waals surface area contributed by atoms with Crippen molar-refractivity contribution in [2.75, 3.05) is 20.7 Å². The van der Waals surface area contributed by atoms with Gasteiger partial charge < -0.3 is 15.4 Å². The van der Waals surface area contributed by atoms with E-state index >= 15 is 0 Å². The quantitative estimate of drug-likeness (QED) is 0.721. The molecule has 1 unspecified atom stereocenters. The summed E-state index contributed by atoms with van der Waals surface area (Å²) in [6.45, 7) is 0.603. The van der Waals surface area contributed by atoms with Gasteiger partial charge in [-0.2, -0.15) is 0 Å². The van der Waals surface area contributed by atoms with E-state index in [1.807, 2.05) is 30.3 Å². The molecule has 104 valence electrons. The van der Waals surface area contributed by atoms with E-state index in [1.165, 1.54) is 7.11 Å². The van der Waals surface area contributed by atoms with Gasteiger partial charge in [-0.3, -0.25) is 9.59 Å². The summed E-state index contributed by atoms with van der Waals surface area (Å²) >= 11 is 0. The molecule has 0 fully saturated rings. The minimum absolute atomic E-state index is 0.0906. The van der Waals surface area contributed by atoms with Gasteiger partial charge in [-0.05, 0) is 12.6 Å². The van der Waals surface area contributed by atoms with Gasteiger partial charge in [0.1, 0.15) is 0 Å². The first-order valence-corrected chi connectivity index (χ1v) is 6.23. The third-order valence-corrected chi connectivity index (χ3v) is 2.74. The Hall–Kier alpha value is -1.88. The first-order valence-electron chi connectivity index (χ1n) is 6.23. The highest BCUT2D eigenvalue weighted by molar-refractivity contribution is 5.78. The van der Waals surface area contributed by atoms with Crippen molar-refractivity contribution in [1.29, 1.82) is 0 Å². The zero-order valence-electron chi connectivity index (χ0n) is 11.3. The van der Waals surface area contributed by atoms with Crippen LogP contribution in [0.15, 0.2) is 30.3 Å². The largest absolute Gasteiger partial charge is 0.469 e. The van der Waals surface area contributed by atoms with Crippen LogP contribution < -0.4 is 10.6 Å². The maximum atomic E-state index is 11.8. The van der Waals surface area contributed by atoms with Gasteiger partial charge in [0.05, 0.1) is 19.6 Å². The van der Waals surface area contributed by atoms with Gasteiger partial charge >= 0.3 is 5.97 Å². The van der Waals surface area contributed by atoms with Crippen LogP contribution in [0.3, 0.4) is 0 Å².